The Labute approximate surface area is 134 Å². The molecule has 0 unspecified atom stereocenters. The monoisotopic (exact) mass is 310 g/mol. The van der Waals surface area contributed by atoms with E-state index in [2.05, 4.69) is 16.7 Å². The Morgan fingerprint density at radius 1 is 1.19 bits per heavy atom. The number of halogens is 1. The van der Waals surface area contributed by atoms with Gasteiger partial charge in [0.2, 0.25) is 5.91 Å². The van der Waals surface area contributed by atoms with Crippen LogP contribution in [0.1, 0.15) is 50.5 Å². The summed E-state index contributed by atoms with van der Waals surface area (Å²) in [5.41, 5.74) is 2.11. The van der Waals surface area contributed by atoms with E-state index in [1.807, 2.05) is 25.2 Å². The van der Waals surface area contributed by atoms with E-state index in [0.717, 1.165) is 12.2 Å². The Bertz CT molecular complexity index is 429. The highest BCUT2D eigenvalue weighted by Gasteiger charge is 2.16. The van der Waals surface area contributed by atoms with E-state index in [0.29, 0.717) is 12.3 Å². The maximum Gasteiger partial charge on any atom is 0.224 e. The Kier molecular flexibility index (Phi) is 8.40. The van der Waals surface area contributed by atoms with Gasteiger partial charge in [0.15, 0.2) is 0 Å². The lowest BCUT2D eigenvalue weighted by Gasteiger charge is -2.14. The second-order valence-corrected chi connectivity index (χ2v) is 5.84. The molecule has 0 heterocycles. The number of hydrogen-bond acceptors (Lipinski definition) is 2. The first-order chi connectivity index (χ1) is 9.78. The van der Waals surface area contributed by atoms with E-state index in [9.17, 15) is 4.79 Å². The minimum Gasteiger partial charge on any atom is -0.326 e. The molecular weight excluding hydrogens is 284 g/mol. The van der Waals surface area contributed by atoms with Crippen LogP contribution in [-0.4, -0.2) is 13.0 Å². The molecule has 1 aromatic carbocycles. The summed E-state index contributed by atoms with van der Waals surface area (Å²) in [5.74, 6) is 0.747. The SMILES string of the molecule is CNCc1cccc(NC(=O)CC2CCCCCC2)c1.Cl. The molecule has 0 radical (unpaired) electrons. The van der Waals surface area contributed by atoms with Crippen molar-refractivity contribution in [3.8, 4) is 0 Å². The van der Waals surface area contributed by atoms with Crippen molar-refractivity contribution in [3.05, 3.63) is 29.8 Å². The van der Waals surface area contributed by atoms with Crippen molar-refractivity contribution in [1.29, 1.82) is 0 Å². The average molecular weight is 311 g/mol. The molecule has 2 rings (SSSR count). The Morgan fingerprint density at radius 2 is 1.90 bits per heavy atom. The highest BCUT2D eigenvalue weighted by molar-refractivity contribution is 5.90. The zero-order chi connectivity index (χ0) is 14.2. The number of anilines is 1. The number of rotatable bonds is 5. The normalized spacial score (nSPS) is 15.9. The first kappa shape index (κ1) is 18.0. The van der Waals surface area contributed by atoms with Gasteiger partial charge in [0.05, 0.1) is 0 Å². The molecule has 1 fully saturated rings. The predicted octanol–water partition coefficient (Wildman–Crippen LogP) is 4.13. The molecule has 118 valence electrons. The van der Waals surface area contributed by atoms with Gasteiger partial charge in [-0.25, -0.2) is 0 Å². The van der Waals surface area contributed by atoms with Crippen molar-refractivity contribution in [1.82, 2.24) is 5.32 Å². The van der Waals surface area contributed by atoms with Gasteiger partial charge in [-0.1, -0.05) is 37.8 Å². The van der Waals surface area contributed by atoms with Gasteiger partial charge in [-0.05, 0) is 43.5 Å². The van der Waals surface area contributed by atoms with Crippen molar-refractivity contribution in [3.63, 3.8) is 0 Å². The van der Waals surface area contributed by atoms with Gasteiger partial charge >= 0.3 is 0 Å². The number of carbonyl (C=O) groups is 1. The highest BCUT2D eigenvalue weighted by Crippen LogP contribution is 2.25. The van der Waals surface area contributed by atoms with Crippen LogP contribution in [-0.2, 0) is 11.3 Å². The third-order valence-corrected chi connectivity index (χ3v) is 4.04. The molecule has 0 atom stereocenters. The van der Waals surface area contributed by atoms with Crippen molar-refractivity contribution in [2.24, 2.45) is 5.92 Å². The number of carbonyl (C=O) groups excluding carboxylic acids is 1. The van der Waals surface area contributed by atoms with Gasteiger partial charge in [-0.15, -0.1) is 12.4 Å². The van der Waals surface area contributed by atoms with Crippen LogP contribution in [0.25, 0.3) is 0 Å². The van der Waals surface area contributed by atoms with Gasteiger partial charge in [0.25, 0.3) is 0 Å². The summed E-state index contributed by atoms with van der Waals surface area (Å²) >= 11 is 0. The topological polar surface area (TPSA) is 41.1 Å². The Morgan fingerprint density at radius 3 is 2.57 bits per heavy atom. The van der Waals surface area contributed by atoms with E-state index in [1.54, 1.807) is 0 Å². The third kappa shape index (κ3) is 6.49. The van der Waals surface area contributed by atoms with Gasteiger partial charge in [-0.2, -0.15) is 0 Å². The first-order valence-electron chi connectivity index (χ1n) is 7.81. The van der Waals surface area contributed by atoms with Gasteiger partial charge in [0, 0.05) is 18.7 Å². The van der Waals surface area contributed by atoms with Crippen LogP contribution < -0.4 is 10.6 Å². The fourth-order valence-corrected chi connectivity index (χ4v) is 3.01. The smallest absolute Gasteiger partial charge is 0.224 e. The molecule has 1 amide bonds. The molecule has 4 heteroatoms. The molecule has 1 aromatic rings. The summed E-state index contributed by atoms with van der Waals surface area (Å²) < 4.78 is 0. The molecule has 0 aliphatic heterocycles. The van der Waals surface area contributed by atoms with Crippen LogP contribution in [0, 0.1) is 5.92 Å². The van der Waals surface area contributed by atoms with Crippen LogP contribution in [0.2, 0.25) is 0 Å². The van der Waals surface area contributed by atoms with Crippen LogP contribution in [0.3, 0.4) is 0 Å². The van der Waals surface area contributed by atoms with E-state index < -0.39 is 0 Å². The quantitative estimate of drug-likeness (QED) is 0.803. The second-order valence-electron chi connectivity index (χ2n) is 5.84. The molecule has 0 aromatic heterocycles. The van der Waals surface area contributed by atoms with Crippen molar-refractivity contribution in [2.45, 2.75) is 51.5 Å². The maximum atomic E-state index is 12.1. The van der Waals surface area contributed by atoms with Gasteiger partial charge in [-0.3, -0.25) is 4.79 Å². The summed E-state index contributed by atoms with van der Waals surface area (Å²) in [6, 6.07) is 8.07. The molecule has 0 saturated heterocycles. The average Bonchev–Trinajstić information content (AvgIpc) is 2.68. The number of hydrogen-bond donors (Lipinski definition) is 2. The minimum atomic E-state index is 0. The fourth-order valence-electron chi connectivity index (χ4n) is 3.01. The molecule has 0 spiro atoms. The summed E-state index contributed by atoms with van der Waals surface area (Å²) in [7, 11) is 1.93. The first-order valence-corrected chi connectivity index (χ1v) is 7.81. The number of nitrogens with one attached hydrogen (secondary N) is 2. The molecule has 1 aliphatic carbocycles. The third-order valence-electron chi connectivity index (χ3n) is 4.04. The summed E-state index contributed by atoms with van der Waals surface area (Å²) in [4.78, 5) is 12.1. The van der Waals surface area contributed by atoms with Crippen LogP contribution in [0.15, 0.2) is 24.3 Å². The lowest BCUT2D eigenvalue weighted by atomic mass is 9.96. The fraction of sp³-hybridized carbons (Fsp3) is 0.588. The number of benzene rings is 1. The lowest BCUT2D eigenvalue weighted by molar-refractivity contribution is -0.117. The number of amides is 1. The van der Waals surface area contributed by atoms with Crippen LogP contribution >= 0.6 is 12.4 Å². The second kappa shape index (κ2) is 9.80. The Hall–Kier alpha value is -1.06. The van der Waals surface area contributed by atoms with E-state index in [4.69, 9.17) is 0 Å². The standard InChI is InChI=1S/C17H26N2O.ClH/c1-18-13-15-9-6-10-16(11-15)19-17(20)12-14-7-4-2-3-5-8-14;/h6,9-11,14,18H,2-5,7-8,12-13H2,1H3,(H,19,20);1H. The van der Waals surface area contributed by atoms with Crippen molar-refractivity contribution in [2.75, 3.05) is 12.4 Å². The van der Waals surface area contributed by atoms with E-state index >= 15 is 0 Å². The summed E-state index contributed by atoms with van der Waals surface area (Å²) in [6.45, 7) is 0.826. The molecule has 1 aliphatic rings. The highest BCUT2D eigenvalue weighted by atomic mass is 35.5. The summed E-state index contributed by atoms with van der Waals surface area (Å²) in [5, 5.41) is 6.17. The predicted molar refractivity (Wildman–Crippen MR) is 90.9 cm³/mol. The molecule has 0 bridgehead atoms. The molecular formula is C17H27ClN2O. The van der Waals surface area contributed by atoms with E-state index in [1.165, 1.54) is 44.1 Å². The summed E-state index contributed by atoms with van der Waals surface area (Å²) in [6.07, 6.45) is 8.36. The lowest BCUT2D eigenvalue weighted by Crippen LogP contribution is -2.16. The largest absolute Gasteiger partial charge is 0.326 e. The molecule has 2 N–H and O–H groups in total. The van der Waals surface area contributed by atoms with Crippen LogP contribution in [0.4, 0.5) is 5.69 Å². The van der Waals surface area contributed by atoms with Gasteiger partial charge in [0.1, 0.15) is 0 Å². The van der Waals surface area contributed by atoms with E-state index in [-0.39, 0.29) is 18.3 Å². The van der Waals surface area contributed by atoms with Gasteiger partial charge < -0.3 is 10.6 Å². The molecule has 3 nitrogen and oxygen atoms in total. The minimum absolute atomic E-state index is 0. The zero-order valence-corrected chi connectivity index (χ0v) is 13.7. The molecule has 21 heavy (non-hydrogen) atoms. The zero-order valence-electron chi connectivity index (χ0n) is 12.9. The van der Waals surface area contributed by atoms with Crippen molar-refractivity contribution < 1.29 is 4.79 Å². The maximum absolute atomic E-state index is 12.1. The van der Waals surface area contributed by atoms with Crippen molar-refractivity contribution >= 4 is 24.0 Å². The Balaban J connectivity index is 0.00000220. The van der Waals surface area contributed by atoms with Crippen LogP contribution in [0.5, 0.6) is 0 Å². The molecule has 1 saturated carbocycles.